The van der Waals surface area contributed by atoms with Crippen LogP contribution in [0.2, 0.25) is 0 Å². The fourth-order valence-corrected chi connectivity index (χ4v) is 3.54. The molecule has 1 heterocycles. The lowest BCUT2D eigenvalue weighted by Crippen LogP contribution is -2.14. The van der Waals surface area contributed by atoms with Crippen LogP contribution >= 0.6 is 11.3 Å². The number of nitrogens with one attached hydrogen (secondary N) is 1. The minimum atomic E-state index is -0.0928. The molecule has 0 atom stereocenters. The van der Waals surface area contributed by atoms with Crippen LogP contribution in [0.5, 0.6) is 0 Å². The number of aromatic nitrogens is 1. The first kappa shape index (κ1) is 14.1. The fourth-order valence-electron chi connectivity index (χ4n) is 2.50. The van der Waals surface area contributed by atoms with Crippen molar-refractivity contribution in [1.29, 1.82) is 0 Å². The van der Waals surface area contributed by atoms with E-state index in [2.05, 4.69) is 10.3 Å². The molecule has 1 amide bonds. The molecule has 3 rings (SSSR count). The molecule has 0 aliphatic heterocycles. The average molecular weight is 301 g/mol. The first-order valence-corrected chi connectivity index (χ1v) is 8.02. The van der Waals surface area contributed by atoms with Crippen molar-refractivity contribution in [2.45, 2.75) is 25.7 Å². The van der Waals surface area contributed by atoms with Crippen LogP contribution in [-0.4, -0.2) is 25.0 Å². The highest BCUT2D eigenvalue weighted by Crippen LogP contribution is 2.29. The molecule has 1 N–H and O–H groups in total. The molecule has 0 radical (unpaired) electrons. The van der Waals surface area contributed by atoms with E-state index in [0.717, 1.165) is 23.7 Å². The number of anilines is 2. The average Bonchev–Trinajstić information content (AvgIpc) is 2.89. The van der Waals surface area contributed by atoms with Gasteiger partial charge in [-0.3, -0.25) is 10.1 Å². The molecule has 0 bridgehead atoms. The predicted octanol–water partition coefficient (Wildman–Crippen LogP) is 3.34. The van der Waals surface area contributed by atoms with Crippen molar-refractivity contribution in [1.82, 2.24) is 4.98 Å². The summed E-state index contributed by atoms with van der Waals surface area (Å²) in [6.07, 6.45) is 4.57. The first-order valence-electron chi connectivity index (χ1n) is 7.21. The number of aryl methyl sites for hydroxylation is 2. The molecule has 4 nitrogen and oxygen atoms in total. The molecule has 1 aromatic carbocycles. The Hall–Kier alpha value is -1.88. The normalized spacial score (nSPS) is 13.6. The molecule has 0 unspecified atom stereocenters. The van der Waals surface area contributed by atoms with Crippen LogP contribution in [0.4, 0.5) is 10.8 Å². The zero-order chi connectivity index (χ0) is 14.8. The van der Waals surface area contributed by atoms with E-state index < -0.39 is 0 Å². The van der Waals surface area contributed by atoms with Gasteiger partial charge < -0.3 is 4.90 Å². The smallest absolute Gasteiger partial charge is 0.257 e. The number of hydrogen-bond donors (Lipinski definition) is 1. The van der Waals surface area contributed by atoms with Gasteiger partial charge in [-0.1, -0.05) is 6.07 Å². The van der Waals surface area contributed by atoms with Crippen molar-refractivity contribution >= 4 is 28.1 Å². The first-order chi connectivity index (χ1) is 10.1. The van der Waals surface area contributed by atoms with Crippen molar-refractivity contribution in [3.8, 4) is 0 Å². The van der Waals surface area contributed by atoms with Gasteiger partial charge in [-0.2, -0.15) is 0 Å². The van der Waals surface area contributed by atoms with Crippen molar-refractivity contribution in [3.63, 3.8) is 0 Å². The number of carbonyl (C=O) groups is 1. The number of carbonyl (C=O) groups excluding carboxylic acids is 1. The zero-order valence-corrected chi connectivity index (χ0v) is 13.2. The van der Waals surface area contributed by atoms with Crippen LogP contribution in [0, 0.1) is 0 Å². The molecular weight excluding hydrogens is 282 g/mol. The van der Waals surface area contributed by atoms with E-state index in [-0.39, 0.29) is 5.91 Å². The quantitative estimate of drug-likeness (QED) is 0.945. The van der Waals surface area contributed by atoms with E-state index in [1.54, 1.807) is 11.3 Å². The molecule has 21 heavy (non-hydrogen) atoms. The maximum Gasteiger partial charge on any atom is 0.257 e. The molecular formula is C16H19N3OS. The monoisotopic (exact) mass is 301 g/mol. The Morgan fingerprint density at radius 3 is 2.86 bits per heavy atom. The third-order valence-electron chi connectivity index (χ3n) is 3.69. The molecule has 1 aliphatic carbocycles. The van der Waals surface area contributed by atoms with Crippen LogP contribution in [0.1, 0.15) is 33.8 Å². The Labute approximate surface area is 128 Å². The highest BCUT2D eigenvalue weighted by atomic mass is 32.1. The minimum Gasteiger partial charge on any atom is -0.378 e. The maximum absolute atomic E-state index is 12.3. The van der Waals surface area contributed by atoms with E-state index in [9.17, 15) is 4.79 Å². The van der Waals surface area contributed by atoms with Gasteiger partial charge in [0.2, 0.25) is 0 Å². The maximum atomic E-state index is 12.3. The molecule has 110 valence electrons. The van der Waals surface area contributed by atoms with E-state index in [1.165, 1.54) is 23.4 Å². The SMILES string of the molecule is CN(C)c1cccc(C(=O)Nc2nc3c(s2)CCCC3)c1. The number of thiazole rings is 1. The Bertz CT molecular complexity index is 640. The third-order valence-corrected chi connectivity index (χ3v) is 4.76. The Balaban J connectivity index is 1.77. The summed E-state index contributed by atoms with van der Waals surface area (Å²) in [7, 11) is 3.93. The Morgan fingerprint density at radius 2 is 2.10 bits per heavy atom. The zero-order valence-electron chi connectivity index (χ0n) is 12.3. The molecule has 1 aromatic heterocycles. The molecule has 0 saturated carbocycles. The third kappa shape index (κ3) is 3.08. The van der Waals surface area contributed by atoms with Crippen LogP contribution in [0.15, 0.2) is 24.3 Å². The second-order valence-corrected chi connectivity index (χ2v) is 6.58. The van der Waals surface area contributed by atoms with Gasteiger partial charge in [-0.25, -0.2) is 4.98 Å². The van der Waals surface area contributed by atoms with Gasteiger partial charge in [0, 0.05) is 30.2 Å². The number of benzene rings is 1. The van der Waals surface area contributed by atoms with Gasteiger partial charge in [0.1, 0.15) is 0 Å². The fraction of sp³-hybridized carbons (Fsp3) is 0.375. The van der Waals surface area contributed by atoms with Crippen LogP contribution in [-0.2, 0) is 12.8 Å². The second kappa shape index (κ2) is 5.85. The molecule has 2 aromatic rings. The lowest BCUT2D eigenvalue weighted by atomic mass is 10.0. The number of fused-ring (bicyclic) bond motifs is 1. The van der Waals surface area contributed by atoms with Crippen LogP contribution < -0.4 is 10.2 Å². The lowest BCUT2D eigenvalue weighted by Gasteiger charge is -2.13. The van der Waals surface area contributed by atoms with E-state index in [4.69, 9.17) is 0 Å². The van der Waals surface area contributed by atoms with E-state index in [1.807, 2.05) is 43.3 Å². The van der Waals surface area contributed by atoms with Crippen LogP contribution in [0.25, 0.3) is 0 Å². The summed E-state index contributed by atoms with van der Waals surface area (Å²) in [6, 6.07) is 7.61. The molecule has 1 aliphatic rings. The van der Waals surface area contributed by atoms with Gasteiger partial charge in [0.15, 0.2) is 5.13 Å². The summed E-state index contributed by atoms with van der Waals surface area (Å²) in [5.41, 5.74) is 2.85. The summed E-state index contributed by atoms with van der Waals surface area (Å²) in [6.45, 7) is 0. The van der Waals surface area contributed by atoms with E-state index in [0.29, 0.717) is 5.56 Å². The number of nitrogens with zero attached hydrogens (tertiary/aromatic N) is 2. The second-order valence-electron chi connectivity index (χ2n) is 5.49. The molecule has 5 heteroatoms. The topological polar surface area (TPSA) is 45.2 Å². The van der Waals surface area contributed by atoms with Gasteiger partial charge in [0.25, 0.3) is 5.91 Å². The molecule has 0 spiro atoms. The van der Waals surface area contributed by atoms with Crippen molar-refractivity contribution in [3.05, 3.63) is 40.4 Å². The number of rotatable bonds is 3. The standard InChI is InChI=1S/C16H19N3OS/c1-19(2)12-7-5-6-11(10-12)15(20)18-16-17-13-8-3-4-9-14(13)21-16/h5-7,10H,3-4,8-9H2,1-2H3,(H,17,18,20). The largest absolute Gasteiger partial charge is 0.378 e. The van der Waals surface area contributed by atoms with Crippen molar-refractivity contribution in [2.75, 3.05) is 24.3 Å². The number of hydrogen-bond acceptors (Lipinski definition) is 4. The lowest BCUT2D eigenvalue weighted by molar-refractivity contribution is 0.102. The van der Waals surface area contributed by atoms with Crippen LogP contribution in [0.3, 0.4) is 0 Å². The highest BCUT2D eigenvalue weighted by molar-refractivity contribution is 7.15. The van der Waals surface area contributed by atoms with Crippen molar-refractivity contribution in [2.24, 2.45) is 0 Å². The summed E-state index contributed by atoms with van der Waals surface area (Å²) in [5, 5.41) is 3.66. The van der Waals surface area contributed by atoms with Gasteiger partial charge >= 0.3 is 0 Å². The highest BCUT2D eigenvalue weighted by Gasteiger charge is 2.17. The summed E-state index contributed by atoms with van der Waals surface area (Å²) >= 11 is 1.62. The molecule has 0 fully saturated rings. The number of amides is 1. The summed E-state index contributed by atoms with van der Waals surface area (Å²) in [4.78, 5) is 20.2. The Kier molecular flexibility index (Phi) is 3.92. The minimum absolute atomic E-state index is 0.0928. The van der Waals surface area contributed by atoms with Gasteiger partial charge in [-0.05, 0) is 43.9 Å². The van der Waals surface area contributed by atoms with Crippen molar-refractivity contribution < 1.29 is 4.79 Å². The van der Waals surface area contributed by atoms with Gasteiger partial charge in [0.05, 0.1) is 5.69 Å². The summed E-state index contributed by atoms with van der Waals surface area (Å²) < 4.78 is 0. The van der Waals surface area contributed by atoms with E-state index >= 15 is 0 Å². The molecule has 0 saturated heterocycles. The van der Waals surface area contributed by atoms with Gasteiger partial charge in [-0.15, -0.1) is 11.3 Å². The predicted molar refractivity (Wildman–Crippen MR) is 87.5 cm³/mol. The summed E-state index contributed by atoms with van der Waals surface area (Å²) in [5.74, 6) is -0.0928. The Morgan fingerprint density at radius 1 is 1.29 bits per heavy atom.